The van der Waals surface area contributed by atoms with Crippen LogP contribution in [0.4, 0.5) is 0 Å². The van der Waals surface area contributed by atoms with Gasteiger partial charge in [0.1, 0.15) is 0 Å². The molecule has 4 nitrogen and oxygen atoms in total. The number of hydrogen-bond acceptors (Lipinski definition) is 4. The highest BCUT2D eigenvalue weighted by Gasteiger charge is 2.11. The molecule has 0 aliphatic heterocycles. The van der Waals surface area contributed by atoms with E-state index < -0.39 is 0 Å². The summed E-state index contributed by atoms with van der Waals surface area (Å²) < 4.78 is 5.10. The second-order valence-corrected chi connectivity index (χ2v) is 4.98. The van der Waals surface area contributed by atoms with Crippen LogP contribution < -0.4 is 5.32 Å². The Morgan fingerprint density at radius 1 is 1.18 bits per heavy atom. The predicted molar refractivity (Wildman–Crippen MR) is 66.8 cm³/mol. The van der Waals surface area contributed by atoms with E-state index in [9.17, 15) is 0 Å². The highest BCUT2D eigenvalue weighted by atomic mass is 16.5. The second kappa shape index (κ2) is 6.74. The third kappa shape index (κ3) is 4.46. The molecule has 1 aliphatic carbocycles. The molecule has 0 bridgehead atoms. The van der Waals surface area contributed by atoms with Gasteiger partial charge in [-0.05, 0) is 19.8 Å². The molecule has 1 fully saturated rings. The van der Waals surface area contributed by atoms with Gasteiger partial charge in [-0.3, -0.25) is 0 Å². The number of nitrogens with one attached hydrogen (secondary N) is 1. The fourth-order valence-corrected chi connectivity index (χ4v) is 2.49. The van der Waals surface area contributed by atoms with E-state index in [0.717, 1.165) is 24.7 Å². The summed E-state index contributed by atoms with van der Waals surface area (Å²) in [6, 6.07) is 0.694. The van der Waals surface area contributed by atoms with Crippen LogP contribution in [0.2, 0.25) is 0 Å². The molecule has 96 valence electrons. The SMILES string of the molecule is Cc1noc(CCNC2CCCCCCC2)n1. The minimum absolute atomic E-state index is 0.694. The largest absolute Gasteiger partial charge is 0.339 e. The topological polar surface area (TPSA) is 51.0 Å². The van der Waals surface area contributed by atoms with Crippen molar-refractivity contribution in [1.82, 2.24) is 15.5 Å². The molecule has 0 aromatic carbocycles. The monoisotopic (exact) mass is 237 g/mol. The van der Waals surface area contributed by atoms with Gasteiger partial charge < -0.3 is 9.84 Å². The summed E-state index contributed by atoms with van der Waals surface area (Å²) >= 11 is 0. The van der Waals surface area contributed by atoms with E-state index in [0.29, 0.717) is 6.04 Å². The van der Waals surface area contributed by atoms with Crippen LogP contribution in [0, 0.1) is 6.92 Å². The van der Waals surface area contributed by atoms with E-state index in [2.05, 4.69) is 15.5 Å². The molecule has 1 N–H and O–H groups in total. The van der Waals surface area contributed by atoms with Crippen LogP contribution in [0.15, 0.2) is 4.52 Å². The maximum absolute atomic E-state index is 5.10. The summed E-state index contributed by atoms with van der Waals surface area (Å²) in [5.74, 6) is 1.48. The lowest BCUT2D eigenvalue weighted by Crippen LogP contribution is -2.31. The van der Waals surface area contributed by atoms with Gasteiger partial charge in [0.05, 0.1) is 0 Å². The molecule has 0 spiro atoms. The lowest BCUT2D eigenvalue weighted by atomic mass is 9.97. The van der Waals surface area contributed by atoms with Crippen LogP contribution in [0.1, 0.15) is 56.7 Å². The summed E-state index contributed by atoms with van der Waals surface area (Å²) in [5.41, 5.74) is 0. The van der Waals surface area contributed by atoms with Crippen molar-refractivity contribution in [3.05, 3.63) is 11.7 Å². The Morgan fingerprint density at radius 2 is 1.88 bits per heavy atom. The molecular formula is C13H23N3O. The van der Waals surface area contributed by atoms with Gasteiger partial charge in [-0.15, -0.1) is 0 Å². The third-order valence-corrected chi connectivity index (χ3v) is 3.45. The van der Waals surface area contributed by atoms with Crippen molar-refractivity contribution in [1.29, 1.82) is 0 Å². The first kappa shape index (κ1) is 12.6. The highest BCUT2D eigenvalue weighted by molar-refractivity contribution is 4.84. The zero-order chi connectivity index (χ0) is 11.9. The maximum Gasteiger partial charge on any atom is 0.227 e. The van der Waals surface area contributed by atoms with Crippen LogP contribution >= 0.6 is 0 Å². The van der Waals surface area contributed by atoms with Gasteiger partial charge in [0.2, 0.25) is 5.89 Å². The molecule has 0 atom stereocenters. The highest BCUT2D eigenvalue weighted by Crippen LogP contribution is 2.16. The van der Waals surface area contributed by atoms with Crippen LogP contribution in [0.5, 0.6) is 0 Å². The molecule has 1 saturated carbocycles. The molecule has 1 aromatic rings. The number of aromatic nitrogens is 2. The van der Waals surface area contributed by atoms with Crippen LogP contribution in [-0.4, -0.2) is 22.7 Å². The number of hydrogen-bond donors (Lipinski definition) is 1. The molecule has 1 heterocycles. The molecule has 1 aromatic heterocycles. The number of nitrogens with zero attached hydrogens (tertiary/aromatic N) is 2. The van der Waals surface area contributed by atoms with Gasteiger partial charge >= 0.3 is 0 Å². The first-order valence-corrected chi connectivity index (χ1v) is 6.87. The van der Waals surface area contributed by atoms with Gasteiger partial charge in [0.15, 0.2) is 5.82 Å². The third-order valence-electron chi connectivity index (χ3n) is 3.45. The second-order valence-electron chi connectivity index (χ2n) is 4.98. The average Bonchev–Trinajstić information content (AvgIpc) is 2.67. The van der Waals surface area contributed by atoms with Crippen molar-refractivity contribution >= 4 is 0 Å². The average molecular weight is 237 g/mol. The Balaban J connectivity index is 1.66. The molecule has 0 amide bonds. The molecule has 2 rings (SSSR count). The van der Waals surface area contributed by atoms with E-state index in [4.69, 9.17) is 4.52 Å². The first-order chi connectivity index (χ1) is 8.34. The molecular weight excluding hydrogens is 214 g/mol. The maximum atomic E-state index is 5.10. The molecule has 0 radical (unpaired) electrons. The van der Waals surface area contributed by atoms with E-state index >= 15 is 0 Å². The summed E-state index contributed by atoms with van der Waals surface area (Å²) in [7, 11) is 0. The fourth-order valence-electron chi connectivity index (χ4n) is 2.49. The Hall–Kier alpha value is -0.900. The number of aryl methyl sites for hydroxylation is 1. The van der Waals surface area contributed by atoms with Crippen molar-refractivity contribution in [3.8, 4) is 0 Å². The Bertz CT molecular complexity index is 316. The summed E-state index contributed by atoms with van der Waals surface area (Å²) in [6.45, 7) is 2.81. The molecule has 0 unspecified atom stereocenters. The predicted octanol–water partition coefficient (Wildman–Crippen LogP) is 2.62. The standard InChI is InChI=1S/C13H23N3O/c1-11-15-13(17-16-11)9-10-14-12-7-5-3-2-4-6-8-12/h12,14H,2-10H2,1H3. The normalized spacial score (nSPS) is 18.9. The van der Waals surface area contributed by atoms with Crippen molar-refractivity contribution in [2.24, 2.45) is 0 Å². The van der Waals surface area contributed by atoms with Gasteiger partial charge in [0.25, 0.3) is 0 Å². The Labute approximate surface area is 103 Å². The summed E-state index contributed by atoms with van der Waals surface area (Å²) in [5, 5.41) is 7.41. The smallest absolute Gasteiger partial charge is 0.227 e. The van der Waals surface area contributed by atoms with Crippen LogP contribution in [0.25, 0.3) is 0 Å². The van der Waals surface area contributed by atoms with Gasteiger partial charge in [-0.25, -0.2) is 0 Å². The lowest BCUT2D eigenvalue weighted by Gasteiger charge is -2.20. The van der Waals surface area contributed by atoms with Gasteiger partial charge in [0, 0.05) is 19.0 Å². The van der Waals surface area contributed by atoms with E-state index in [1.165, 1.54) is 44.9 Å². The summed E-state index contributed by atoms with van der Waals surface area (Å²) in [6.07, 6.45) is 10.5. The van der Waals surface area contributed by atoms with Crippen molar-refractivity contribution in [2.75, 3.05) is 6.54 Å². The van der Waals surface area contributed by atoms with E-state index in [1.807, 2.05) is 6.92 Å². The van der Waals surface area contributed by atoms with Gasteiger partial charge in [-0.2, -0.15) is 4.98 Å². The number of rotatable bonds is 4. The quantitative estimate of drug-likeness (QED) is 0.874. The van der Waals surface area contributed by atoms with Crippen molar-refractivity contribution < 1.29 is 4.52 Å². The first-order valence-electron chi connectivity index (χ1n) is 6.87. The molecule has 17 heavy (non-hydrogen) atoms. The Kier molecular flexibility index (Phi) is 4.98. The molecule has 4 heteroatoms. The lowest BCUT2D eigenvalue weighted by molar-refractivity contribution is 0.356. The molecule has 1 aliphatic rings. The fraction of sp³-hybridized carbons (Fsp3) is 0.846. The van der Waals surface area contributed by atoms with Crippen molar-refractivity contribution in [3.63, 3.8) is 0 Å². The molecule has 0 saturated heterocycles. The zero-order valence-electron chi connectivity index (χ0n) is 10.7. The summed E-state index contributed by atoms with van der Waals surface area (Å²) in [4.78, 5) is 4.21. The zero-order valence-corrected chi connectivity index (χ0v) is 10.7. The Morgan fingerprint density at radius 3 is 2.53 bits per heavy atom. The minimum atomic E-state index is 0.694. The van der Waals surface area contributed by atoms with Crippen LogP contribution in [0.3, 0.4) is 0 Å². The minimum Gasteiger partial charge on any atom is -0.339 e. The van der Waals surface area contributed by atoms with Gasteiger partial charge in [-0.1, -0.05) is 37.3 Å². The van der Waals surface area contributed by atoms with Crippen molar-refractivity contribution in [2.45, 2.75) is 64.3 Å². The van der Waals surface area contributed by atoms with E-state index in [1.54, 1.807) is 0 Å². The van der Waals surface area contributed by atoms with E-state index in [-0.39, 0.29) is 0 Å². The van der Waals surface area contributed by atoms with Crippen LogP contribution in [-0.2, 0) is 6.42 Å².